The van der Waals surface area contributed by atoms with Gasteiger partial charge < -0.3 is 24.3 Å². The average molecular weight is 440 g/mol. The van der Waals surface area contributed by atoms with Crippen LogP contribution in [0.3, 0.4) is 0 Å². The van der Waals surface area contributed by atoms with Crippen LogP contribution in [-0.4, -0.2) is 38.3 Å². The Balaban J connectivity index is 1.69. The van der Waals surface area contributed by atoms with Gasteiger partial charge in [0.05, 0.1) is 20.1 Å². The fourth-order valence-electron chi connectivity index (χ4n) is 3.86. The highest BCUT2D eigenvalue weighted by molar-refractivity contribution is 6.01. The Hall–Kier alpha value is -3.22. The minimum Gasteiger partial charge on any atom is -0.493 e. The summed E-state index contributed by atoms with van der Waals surface area (Å²) >= 11 is 0. The maximum absolute atomic E-state index is 12.4. The van der Waals surface area contributed by atoms with Crippen LogP contribution in [-0.2, 0) is 16.1 Å². The second-order valence-electron chi connectivity index (χ2n) is 8.39. The molecule has 0 radical (unpaired) electrons. The van der Waals surface area contributed by atoms with Crippen molar-refractivity contribution >= 4 is 11.9 Å². The molecule has 2 aliphatic rings. The lowest BCUT2D eigenvalue weighted by atomic mass is 9.95. The molecule has 1 aliphatic carbocycles. The van der Waals surface area contributed by atoms with Gasteiger partial charge in [-0.05, 0) is 48.6 Å². The van der Waals surface area contributed by atoms with E-state index in [9.17, 15) is 9.59 Å². The van der Waals surface area contributed by atoms with E-state index in [4.69, 9.17) is 18.9 Å². The highest BCUT2D eigenvalue weighted by atomic mass is 16.6. The molecule has 4 rings (SSSR count). The molecule has 7 nitrogen and oxygen atoms in total. The SMILES string of the molecule is CCC(C)C(=O)OC1(COc2c(-c3cccc4c3CNC4=O)ccc(OC)c2OC)CC1. The first-order chi connectivity index (χ1) is 15.4. The van der Waals surface area contributed by atoms with Gasteiger partial charge in [0.1, 0.15) is 12.2 Å². The number of esters is 1. The van der Waals surface area contributed by atoms with Gasteiger partial charge in [-0.25, -0.2) is 0 Å². The fourth-order valence-corrected chi connectivity index (χ4v) is 3.86. The second-order valence-corrected chi connectivity index (χ2v) is 8.39. The van der Waals surface area contributed by atoms with Crippen molar-refractivity contribution in [2.75, 3.05) is 20.8 Å². The number of carbonyl (C=O) groups is 2. The van der Waals surface area contributed by atoms with Crippen molar-refractivity contribution in [3.63, 3.8) is 0 Å². The number of benzene rings is 2. The zero-order valence-electron chi connectivity index (χ0n) is 18.9. The smallest absolute Gasteiger partial charge is 0.309 e. The van der Waals surface area contributed by atoms with E-state index in [0.717, 1.165) is 36.0 Å². The summed E-state index contributed by atoms with van der Waals surface area (Å²) < 4.78 is 23.2. The normalized spacial score (nSPS) is 16.6. The number of rotatable bonds is 9. The van der Waals surface area contributed by atoms with Gasteiger partial charge in [-0.15, -0.1) is 0 Å². The van der Waals surface area contributed by atoms with Crippen LogP contribution in [0.4, 0.5) is 0 Å². The minimum atomic E-state index is -0.609. The number of ether oxygens (including phenoxy) is 4. The maximum atomic E-state index is 12.4. The molecule has 1 unspecified atom stereocenters. The lowest BCUT2D eigenvalue weighted by molar-refractivity contribution is -0.157. The summed E-state index contributed by atoms with van der Waals surface area (Å²) in [5.74, 6) is 1.07. The van der Waals surface area contributed by atoms with Crippen LogP contribution in [0.5, 0.6) is 17.2 Å². The Bertz CT molecular complexity index is 1040. The van der Waals surface area contributed by atoms with Crippen LogP contribution in [0.1, 0.15) is 49.0 Å². The Morgan fingerprint density at radius 3 is 2.47 bits per heavy atom. The first kappa shape index (κ1) is 22.0. The minimum absolute atomic E-state index is 0.0846. The topological polar surface area (TPSA) is 83.1 Å². The van der Waals surface area contributed by atoms with Crippen molar-refractivity contribution in [3.8, 4) is 28.4 Å². The monoisotopic (exact) mass is 439 g/mol. The summed E-state index contributed by atoms with van der Waals surface area (Å²) in [5, 5.41) is 2.88. The van der Waals surface area contributed by atoms with E-state index in [-0.39, 0.29) is 24.4 Å². The Morgan fingerprint density at radius 1 is 1.06 bits per heavy atom. The first-order valence-corrected chi connectivity index (χ1v) is 10.9. The Morgan fingerprint density at radius 2 is 1.81 bits per heavy atom. The highest BCUT2D eigenvalue weighted by Crippen LogP contribution is 2.48. The summed E-state index contributed by atoms with van der Waals surface area (Å²) in [7, 11) is 3.13. The molecule has 2 aromatic rings. The number of methoxy groups -OCH3 is 2. The molecule has 1 aliphatic heterocycles. The van der Waals surface area contributed by atoms with Crippen molar-refractivity contribution < 1.29 is 28.5 Å². The number of amides is 1. The van der Waals surface area contributed by atoms with E-state index < -0.39 is 5.60 Å². The fraction of sp³-hybridized carbons (Fsp3) is 0.440. The molecule has 0 spiro atoms. The number of nitrogens with one attached hydrogen (secondary N) is 1. The molecule has 1 fully saturated rings. The van der Waals surface area contributed by atoms with Crippen molar-refractivity contribution in [3.05, 3.63) is 41.5 Å². The third-order valence-electron chi connectivity index (χ3n) is 6.26. The molecule has 1 saturated carbocycles. The number of hydrogen-bond acceptors (Lipinski definition) is 6. The van der Waals surface area contributed by atoms with Gasteiger partial charge in [0.15, 0.2) is 11.5 Å². The second kappa shape index (κ2) is 8.73. The molecule has 32 heavy (non-hydrogen) atoms. The lowest BCUT2D eigenvalue weighted by Crippen LogP contribution is -2.29. The average Bonchev–Trinajstić information content (AvgIpc) is 3.48. The predicted octanol–water partition coefficient (Wildman–Crippen LogP) is 4.11. The summed E-state index contributed by atoms with van der Waals surface area (Å²) in [6.45, 7) is 4.51. The van der Waals surface area contributed by atoms with E-state index in [1.165, 1.54) is 0 Å². The molecular formula is C25H29NO6. The van der Waals surface area contributed by atoms with Crippen LogP contribution in [0.15, 0.2) is 30.3 Å². The van der Waals surface area contributed by atoms with Gasteiger partial charge in [0.2, 0.25) is 5.75 Å². The van der Waals surface area contributed by atoms with Crippen LogP contribution < -0.4 is 19.5 Å². The van der Waals surface area contributed by atoms with Gasteiger partial charge >= 0.3 is 5.97 Å². The van der Waals surface area contributed by atoms with Crippen LogP contribution in [0.2, 0.25) is 0 Å². The van der Waals surface area contributed by atoms with Crippen LogP contribution in [0.25, 0.3) is 11.1 Å². The van der Waals surface area contributed by atoms with E-state index in [2.05, 4.69) is 5.32 Å². The quantitative estimate of drug-likeness (QED) is 0.592. The Kier molecular flexibility index (Phi) is 6.00. The number of carbonyl (C=O) groups excluding carboxylic acids is 2. The van der Waals surface area contributed by atoms with Crippen molar-refractivity contribution in [2.45, 2.75) is 45.3 Å². The molecule has 1 N–H and O–H groups in total. The van der Waals surface area contributed by atoms with Gasteiger partial charge in [-0.1, -0.05) is 26.0 Å². The summed E-state index contributed by atoms with van der Waals surface area (Å²) in [6, 6.07) is 9.36. The summed E-state index contributed by atoms with van der Waals surface area (Å²) in [4.78, 5) is 24.5. The molecule has 170 valence electrons. The number of hydrogen-bond donors (Lipinski definition) is 1. The predicted molar refractivity (Wildman–Crippen MR) is 119 cm³/mol. The molecule has 0 saturated heterocycles. The maximum Gasteiger partial charge on any atom is 0.309 e. The number of fused-ring (bicyclic) bond motifs is 1. The van der Waals surface area contributed by atoms with E-state index >= 15 is 0 Å². The molecule has 0 aromatic heterocycles. The van der Waals surface area contributed by atoms with Crippen LogP contribution >= 0.6 is 0 Å². The first-order valence-electron chi connectivity index (χ1n) is 10.9. The van der Waals surface area contributed by atoms with Crippen molar-refractivity contribution in [1.29, 1.82) is 0 Å². The van der Waals surface area contributed by atoms with E-state index in [1.54, 1.807) is 14.2 Å². The molecule has 1 amide bonds. The largest absolute Gasteiger partial charge is 0.493 e. The highest BCUT2D eigenvalue weighted by Gasteiger charge is 2.48. The lowest BCUT2D eigenvalue weighted by Gasteiger charge is -2.23. The molecular weight excluding hydrogens is 410 g/mol. The Labute approximate surface area is 188 Å². The molecule has 1 heterocycles. The zero-order valence-corrected chi connectivity index (χ0v) is 18.9. The van der Waals surface area contributed by atoms with Crippen molar-refractivity contribution in [2.24, 2.45) is 5.92 Å². The third-order valence-corrected chi connectivity index (χ3v) is 6.26. The molecule has 1 atom stereocenters. The molecule has 7 heteroatoms. The molecule has 2 aromatic carbocycles. The van der Waals surface area contributed by atoms with E-state index in [0.29, 0.717) is 29.4 Å². The summed E-state index contributed by atoms with van der Waals surface area (Å²) in [6.07, 6.45) is 2.25. The van der Waals surface area contributed by atoms with Gasteiger partial charge in [-0.3, -0.25) is 9.59 Å². The standard InChI is InChI=1S/C25H29NO6/c1-5-15(2)24(28)32-25(11-12-25)14-31-21-17(9-10-20(29-3)22(21)30-4)16-7-6-8-18-19(16)13-26-23(18)27/h6-10,15H,5,11-14H2,1-4H3,(H,26,27). The van der Waals surface area contributed by atoms with Crippen molar-refractivity contribution in [1.82, 2.24) is 5.32 Å². The molecule has 0 bridgehead atoms. The van der Waals surface area contributed by atoms with Gasteiger partial charge in [0.25, 0.3) is 5.91 Å². The zero-order chi connectivity index (χ0) is 22.9. The van der Waals surface area contributed by atoms with Crippen LogP contribution in [0, 0.1) is 5.92 Å². The van der Waals surface area contributed by atoms with Gasteiger partial charge in [0, 0.05) is 17.7 Å². The third kappa shape index (κ3) is 3.99. The summed E-state index contributed by atoms with van der Waals surface area (Å²) in [5.41, 5.74) is 2.64. The van der Waals surface area contributed by atoms with E-state index in [1.807, 2.05) is 44.2 Å². The van der Waals surface area contributed by atoms with Gasteiger partial charge in [-0.2, -0.15) is 0 Å².